The van der Waals surface area contributed by atoms with Crippen molar-refractivity contribution in [1.82, 2.24) is 4.98 Å². The number of fused-ring (bicyclic) bond motifs is 1. The number of aromatic nitrogens is 1. The summed E-state index contributed by atoms with van der Waals surface area (Å²) in [6.07, 6.45) is 0. The van der Waals surface area contributed by atoms with Crippen LogP contribution >= 0.6 is 0 Å². The zero-order chi connectivity index (χ0) is 14.7. The Bertz CT molecular complexity index is 806. The van der Waals surface area contributed by atoms with Crippen molar-refractivity contribution in [3.63, 3.8) is 0 Å². The van der Waals surface area contributed by atoms with E-state index in [-0.39, 0.29) is 5.43 Å². The van der Waals surface area contributed by atoms with Crippen LogP contribution < -0.4 is 5.43 Å². The minimum atomic E-state index is 0.0287. The summed E-state index contributed by atoms with van der Waals surface area (Å²) in [6.45, 7) is 3.16. The van der Waals surface area contributed by atoms with Crippen LogP contribution in [0.15, 0.2) is 59.4 Å². The van der Waals surface area contributed by atoms with Crippen LogP contribution in [0.3, 0.4) is 0 Å². The first-order chi connectivity index (χ1) is 10.3. The molecule has 1 aromatic heterocycles. The van der Waals surface area contributed by atoms with Gasteiger partial charge >= 0.3 is 0 Å². The maximum Gasteiger partial charge on any atom is 0.190 e. The minimum absolute atomic E-state index is 0.0287. The van der Waals surface area contributed by atoms with Crippen LogP contribution in [0.1, 0.15) is 12.5 Å². The van der Waals surface area contributed by atoms with Crippen molar-refractivity contribution < 1.29 is 4.74 Å². The van der Waals surface area contributed by atoms with Crippen molar-refractivity contribution in [2.75, 3.05) is 6.61 Å². The molecule has 0 bridgehead atoms. The molecule has 0 saturated heterocycles. The third-order valence-corrected chi connectivity index (χ3v) is 3.45. The molecule has 0 radical (unpaired) electrons. The summed E-state index contributed by atoms with van der Waals surface area (Å²) in [7, 11) is 0. The Balaban J connectivity index is 2.07. The number of aromatic amines is 1. The second kappa shape index (κ2) is 5.94. The van der Waals surface area contributed by atoms with E-state index in [0.29, 0.717) is 18.6 Å². The summed E-state index contributed by atoms with van der Waals surface area (Å²) in [6, 6.07) is 17.3. The van der Waals surface area contributed by atoms with E-state index in [1.165, 1.54) is 0 Å². The molecular weight excluding hydrogens is 262 g/mol. The summed E-state index contributed by atoms with van der Waals surface area (Å²) in [5, 5.41) is 0.701. The average molecular weight is 279 g/mol. The Kier molecular flexibility index (Phi) is 3.84. The average Bonchev–Trinajstić information content (AvgIpc) is 2.54. The predicted octanol–water partition coefficient (Wildman–Crippen LogP) is 3.73. The molecule has 3 heteroatoms. The highest BCUT2D eigenvalue weighted by Crippen LogP contribution is 2.19. The third kappa shape index (κ3) is 2.88. The molecular formula is C18H17NO2. The van der Waals surface area contributed by atoms with Crippen LogP contribution in [0.5, 0.6) is 0 Å². The number of hydrogen-bond acceptors (Lipinski definition) is 2. The van der Waals surface area contributed by atoms with Gasteiger partial charge in [0.2, 0.25) is 0 Å². The number of pyridine rings is 1. The van der Waals surface area contributed by atoms with E-state index >= 15 is 0 Å². The fourth-order valence-corrected chi connectivity index (χ4v) is 2.38. The molecule has 0 atom stereocenters. The second-order valence-electron chi connectivity index (χ2n) is 4.93. The lowest BCUT2D eigenvalue weighted by molar-refractivity contribution is 0.134. The summed E-state index contributed by atoms with van der Waals surface area (Å²) in [5.74, 6) is 0. The minimum Gasteiger partial charge on any atom is -0.377 e. The van der Waals surface area contributed by atoms with Gasteiger partial charge in [0.05, 0.1) is 6.61 Å². The van der Waals surface area contributed by atoms with Gasteiger partial charge in [-0.3, -0.25) is 4.79 Å². The van der Waals surface area contributed by atoms with Gasteiger partial charge in [0, 0.05) is 29.3 Å². The highest BCUT2D eigenvalue weighted by molar-refractivity contribution is 5.82. The van der Waals surface area contributed by atoms with Crippen LogP contribution in [0.25, 0.3) is 22.2 Å². The fraction of sp³-hybridized carbons (Fsp3) is 0.167. The molecule has 21 heavy (non-hydrogen) atoms. The van der Waals surface area contributed by atoms with Crippen LogP contribution in [0.4, 0.5) is 0 Å². The van der Waals surface area contributed by atoms with E-state index in [1.807, 2.05) is 55.5 Å². The van der Waals surface area contributed by atoms with Gasteiger partial charge in [-0.05, 0) is 30.2 Å². The molecule has 1 heterocycles. The highest BCUT2D eigenvalue weighted by Gasteiger charge is 2.05. The molecule has 0 spiro atoms. The van der Waals surface area contributed by atoms with Gasteiger partial charge in [-0.25, -0.2) is 0 Å². The Morgan fingerprint density at radius 2 is 1.86 bits per heavy atom. The van der Waals surface area contributed by atoms with E-state index in [2.05, 4.69) is 4.98 Å². The Hall–Kier alpha value is -2.39. The van der Waals surface area contributed by atoms with Gasteiger partial charge in [-0.1, -0.05) is 36.4 Å². The Morgan fingerprint density at radius 3 is 2.62 bits per heavy atom. The summed E-state index contributed by atoms with van der Waals surface area (Å²) in [4.78, 5) is 15.7. The standard InChI is InChI=1S/C18H17NO2/c1-2-21-12-13-8-9-16-15(10-13)18(20)11-17(19-16)14-6-4-3-5-7-14/h3-11H,2,12H2,1H3,(H,19,20). The van der Waals surface area contributed by atoms with E-state index in [0.717, 1.165) is 22.3 Å². The van der Waals surface area contributed by atoms with Gasteiger partial charge < -0.3 is 9.72 Å². The summed E-state index contributed by atoms with van der Waals surface area (Å²) >= 11 is 0. The molecule has 3 aromatic rings. The molecule has 0 amide bonds. The quantitative estimate of drug-likeness (QED) is 0.790. The number of rotatable bonds is 4. The number of ether oxygens (including phenoxy) is 1. The SMILES string of the molecule is CCOCc1ccc2[nH]c(-c3ccccc3)cc(=O)c2c1. The lowest BCUT2D eigenvalue weighted by Crippen LogP contribution is -2.04. The smallest absolute Gasteiger partial charge is 0.190 e. The molecule has 0 saturated carbocycles. The maximum absolute atomic E-state index is 12.3. The van der Waals surface area contributed by atoms with Crippen LogP contribution in [0, 0.1) is 0 Å². The number of benzene rings is 2. The Morgan fingerprint density at radius 1 is 1.05 bits per heavy atom. The molecule has 0 unspecified atom stereocenters. The zero-order valence-corrected chi connectivity index (χ0v) is 11.9. The molecule has 0 aliphatic rings. The van der Waals surface area contributed by atoms with Crippen molar-refractivity contribution in [2.24, 2.45) is 0 Å². The molecule has 1 N–H and O–H groups in total. The summed E-state index contributed by atoms with van der Waals surface area (Å²) < 4.78 is 5.39. The maximum atomic E-state index is 12.3. The van der Waals surface area contributed by atoms with Gasteiger partial charge in [0.25, 0.3) is 0 Å². The largest absolute Gasteiger partial charge is 0.377 e. The fourth-order valence-electron chi connectivity index (χ4n) is 2.38. The van der Waals surface area contributed by atoms with E-state index < -0.39 is 0 Å². The van der Waals surface area contributed by atoms with Crippen molar-refractivity contribution in [1.29, 1.82) is 0 Å². The van der Waals surface area contributed by atoms with E-state index in [4.69, 9.17) is 4.74 Å². The number of nitrogens with one attached hydrogen (secondary N) is 1. The first-order valence-corrected chi connectivity index (χ1v) is 7.07. The van der Waals surface area contributed by atoms with Crippen molar-refractivity contribution in [3.05, 3.63) is 70.4 Å². The molecule has 106 valence electrons. The lowest BCUT2D eigenvalue weighted by Gasteiger charge is -2.07. The highest BCUT2D eigenvalue weighted by atomic mass is 16.5. The molecule has 3 rings (SSSR count). The van der Waals surface area contributed by atoms with Gasteiger partial charge in [-0.15, -0.1) is 0 Å². The lowest BCUT2D eigenvalue weighted by atomic mass is 10.1. The van der Waals surface area contributed by atoms with Crippen molar-refractivity contribution in [2.45, 2.75) is 13.5 Å². The molecule has 0 fully saturated rings. The predicted molar refractivity (Wildman–Crippen MR) is 85.3 cm³/mol. The first kappa shape index (κ1) is 13.6. The van der Waals surface area contributed by atoms with E-state index in [9.17, 15) is 4.79 Å². The third-order valence-electron chi connectivity index (χ3n) is 3.45. The van der Waals surface area contributed by atoms with Gasteiger partial charge in [0.1, 0.15) is 0 Å². The van der Waals surface area contributed by atoms with Crippen LogP contribution in [-0.4, -0.2) is 11.6 Å². The number of hydrogen-bond donors (Lipinski definition) is 1. The van der Waals surface area contributed by atoms with Crippen molar-refractivity contribution in [3.8, 4) is 11.3 Å². The zero-order valence-electron chi connectivity index (χ0n) is 11.9. The number of H-pyrrole nitrogens is 1. The molecule has 0 aliphatic carbocycles. The summed E-state index contributed by atoms with van der Waals surface area (Å²) in [5.41, 5.74) is 3.74. The molecule has 3 nitrogen and oxygen atoms in total. The van der Waals surface area contributed by atoms with Gasteiger partial charge in [0.15, 0.2) is 5.43 Å². The van der Waals surface area contributed by atoms with E-state index in [1.54, 1.807) is 6.07 Å². The van der Waals surface area contributed by atoms with Crippen LogP contribution in [0.2, 0.25) is 0 Å². The normalized spacial score (nSPS) is 10.9. The first-order valence-electron chi connectivity index (χ1n) is 7.07. The Labute approximate surface area is 123 Å². The molecule has 2 aromatic carbocycles. The second-order valence-corrected chi connectivity index (χ2v) is 4.93. The van der Waals surface area contributed by atoms with Gasteiger partial charge in [-0.2, -0.15) is 0 Å². The molecule has 0 aliphatic heterocycles. The monoisotopic (exact) mass is 279 g/mol. The van der Waals surface area contributed by atoms with Crippen LogP contribution in [-0.2, 0) is 11.3 Å². The van der Waals surface area contributed by atoms with Crippen molar-refractivity contribution >= 4 is 10.9 Å². The topological polar surface area (TPSA) is 42.1 Å².